The summed E-state index contributed by atoms with van der Waals surface area (Å²) in [5, 5.41) is 2.65. The van der Waals surface area contributed by atoms with Gasteiger partial charge in [-0.15, -0.1) is 0 Å². The Morgan fingerprint density at radius 3 is 2.15 bits per heavy atom. The van der Waals surface area contributed by atoms with Crippen molar-refractivity contribution in [2.24, 2.45) is 0 Å². The van der Waals surface area contributed by atoms with E-state index >= 15 is 0 Å². The molecule has 0 heterocycles. The summed E-state index contributed by atoms with van der Waals surface area (Å²) in [6, 6.07) is 13.6. The third kappa shape index (κ3) is 5.19. The van der Waals surface area contributed by atoms with Crippen LogP contribution in [0.15, 0.2) is 42.5 Å². The molecule has 0 fully saturated rings. The molecule has 1 N–H and O–H groups in total. The Hall–Kier alpha value is -2.62. The lowest BCUT2D eigenvalue weighted by atomic mass is 10.0. The molecule has 0 aliphatic rings. The van der Waals surface area contributed by atoms with Crippen molar-refractivity contribution in [2.45, 2.75) is 46.7 Å². The number of amides is 2. The lowest BCUT2D eigenvalue weighted by Gasteiger charge is -2.28. The van der Waals surface area contributed by atoms with Crippen LogP contribution >= 0.6 is 0 Å². The number of rotatable bonds is 6. The lowest BCUT2D eigenvalue weighted by Crippen LogP contribution is -2.47. The van der Waals surface area contributed by atoms with Crippen LogP contribution in [0.25, 0.3) is 0 Å². The molecule has 1 atom stereocenters. The molecule has 4 heteroatoms. The number of hydrogen-bond donors (Lipinski definition) is 1. The number of nitrogens with one attached hydrogen (secondary N) is 1. The summed E-state index contributed by atoms with van der Waals surface area (Å²) in [4.78, 5) is 26.9. The predicted molar refractivity (Wildman–Crippen MR) is 105 cm³/mol. The summed E-state index contributed by atoms with van der Waals surface area (Å²) < 4.78 is 0. The minimum Gasteiger partial charge on any atom is -0.357 e. The van der Waals surface area contributed by atoms with Gasteiger partial charge in [0.25, 0.3) is 0 Å². The first-order valence-electron chi connectivity index (χ1n) is 8.94. The van der Waals surface area contributed by atoms with E-state index in [1.165, 1.54) is 0 Å². The van der Waals surface area contributed by atoms with Crippen LogP contribution in [0.5, 0.6) is 0 Å². The van der Waals surface area contributed by atoms with E-state index in [-0.39, 0.29) is 18.2 Å². The summed E-state index contributed by atoms with van der Waals surface area (Å²) in [6.07, 6.45) is 0.287. The molecule has 0 saturated carbocycles. The third-order valence-corrected chi connectivity index (χ3v) is 4.49. The van der Waals surface area contributed by atoms with Crippen LogP contribution in [0.2, 0.25) is 0 Å². The van der Waals surface area contributed by atoms with Gasteiger partial charge in [-0.3, -0.25) is 9.59 Å². The Balaban J connectivity index is 2.26. The Morgan fingerprint density at radius 2 is 1.58 bits per heavy atom. The average Bonchev–Trinajstić information content (AvgIpc) is 2.57. The van der Waals surface area contributed by atoms with Gasteiger partial charge in [0.15, 0.2) is 0 Å². The van der Waals surface area contributed by atoms with E-state index in [0.717, 1.165) is 27.8 Å². The maximum absolute atomic E-state index is 13.0. The summed E-state index contributed by atoms with van der Waals surface area (Å²) >= 11 is 0. The first-order valence-corrected chi connectivity index (χ1v) is 8.94. The summed E-state index contributed by atoms with van der Waals surface area (Å²) in [7, 11) is 1.60. The average molecular weight is 352 g/mol. The topological polar surface area (TPSA) is 49.4 Å². The molecular formula is C22H28N2O2. The monoisotopic (exact) mass is 352 g/mol. The van der Waals surface area contributed by atoms with Gasteiger partial charge in [-0.1, -0.05) is 59.2 Å². The smallest absolute Gasteiger partial charge is 0.242 e. The van der Waals surface area contributed by atoms with Crippen LogP contribution in [0.3, 0.4) is 0 Å². The second-order valence-corrected chi connectivity index (χ2v) is 6.97. The number of nitrogens with zero attached hydrogens (tertiary/aromatic N) is 1. The van der Waals surface area contributed by atoms with Crippen molar-refractivity contribution in [2.75, 3.05) is 7.05 Å². The molecule has 4 nitrogen and oxygen atoms in total. The van der Waals surface area contributed by atoms with Crippen molar-refractivity contribution in [3.63, 3.8) is 0 Å². The number of carbonyl (C=O) groups is 2. The van der Waals surface area contributed by atoms with Gasteiger partial charge in [0, 0.05) is 13.6 Å². The summed E-state index contributed by atoms with van der Waals surface area (Å²) in [5.41, 5.74) is 5.41. The SMILES string of the molecule is CNC(=O)[C@H](C)N(Cc1cccc(C)c1)C(=O)Cc1cc(C)cc(C)c1. The second-order valence-electron chi connectivity index (χ2n) is 6.97. The van der Waals surface area contributed by atoms with Crippen molar-refractivity contribution in [1.82, 2.24) is 10.2 Å². The van der Waals surface area contributed by atoms with Gasteiger partial charge in [0.1, 0.15) is 6.04 Å². The quantitative estimate of drug-likeness (QED) is 0.867. The zero-order valence-electron chi connectivity index (χ0n) is 16.3. The maximum atomic E-state index is 13.0. The first-order chi connectivity index (χ1) is 12.3. The zero-order valence-corrected chi connectivity index (χ0v) is 16.3. The summed E-state index contributed by atoms with van der Waals surface area (Å²) in [5.74, 6) is -0.209. The second kappa shape index (κ2) is 8.65. The van der Waals surface area contributed by atoms with Crippen LogP contribution in [-0.2, 0) is 22.6 Å². The van der Waals surface area contributed by atoms with Gasteiger partial charge in [0.2, 0.25) is 11.8 Å². The molecule has 2 aromatic rings. The van der Waals surface area contributed by atoms with Crippen molar-refractivity contribution in [1.29, 1.82) is 0 Å². The van der Waals surface area contributed by atoms with Crippen LogP contribution in [0.4, 0.5) is 0 Å². The Morgan fingerprint density at radius 1 is 0.962 bits per heavy atom. The normalized spacial score (nSPS) is 11.7. The minimum absolute atomic E-state index is 0.0485. The lowest BCUT2D eigenvalue weighted by molar-refractivity contribution is -0.139. The number of likely N-dealkylation sites (N-methyl/N-ethyl adjacent to an activating group) is 1. The predicted octanol–water partition coefficient (Wildman–Crippen LogP) is 3.32. The number of hydrogen-bond acceptors (Lipinski definition) is 2. The largest absolute Gasteiger partial charge is 0.357 e. The molecule has 2 amide bonds. The molecule has 0 bridgehead atoms. The molecule has 0 aromatic heterocycles. The molecule has 0 radical (unpaired) electrons. The van der Waals surface area contributed by atoms with E-state index < -0.39 is 6.04 Å². The number of benzene rings is 2. The van der Waals surface area contributed by atoms with Crippen molar-refractivity contribution < 1.29 is 9.59 Å². The molecule has 2 rings (SSSR count). The van der Waals surface area contributed by atoms with E-state index in [9.17, 15) is 9.59 Å². The maximum Gasteiger partial charge on any atom is 0.242 e. The van der Waals surface area contributed by atoms with E-state index in [0.29, 0.717) is 6.54 Å². The molecule has 0 spiro atoms. The van der Waals surface area contributed by atoms with Crippen molar-refractivity contribution in [3.05, 3.63) is 70.3 Å². The highest BCUT2D eigenvalue weighted by molar-refractivity contribution is 5.88. The van der Waals surface area contributed by atoms with Crippen LogP contribution in [0.1, 0.15) is 34.7 Å². The highest BCUT2D eigenvalue weighted by Crippen LogP contribution is 2.15. The number of aryl methyl sites for hydroxylation is 3. The fraction of sp³-hybridized carbons (Fsp3) is 0.364. The molecule has 2 aromatic carbocycles. The Kier molecular flexibility index (Phi) is 6.56. The van der Waals surface area contributed by atoms with Gasteiger partial charge in [0.05, 0.1) is 6.42 Å². The fourth-order valence-corrected chi connectivity index (χ4v) is 3.25. The van der Waals surface area contributed by atoms with E-state index in [2.05, 4.69) is 11.4 Å². The summed E-state index contributed by atoms with van der Waals surface area (Å²) in [6.45, 7) is 8.26. The fourth-order valence-electron chi connectivity index (χ4n) is 3.25. The van der Waals surface area contributed by atoms with Crippen LogP contribution in [-0.4, -0.2) is 29.8 Å². The van der Waals surface area contributed by atoms with Gasteiger partial charge >= 0.3 is 0 Å². The Labute approximate surface area is 156 Å². The van der Waals surface area contributed by atoms with Gasteiger partial charge in [-0.05, 0) is 38.8 Å². The molecule has 26 heavy (non-hydrogen) atoms. The van der Waals surface area contributed by atoms with Crippen LogP contribution in [0, 0.1) is 20.8 Å². The van der Waals surface area contributed by atoms with Gasteiger partial charge in [-0.25, -0.2) is 0 Å². The third-order valence-electron chi connectivity index (χ3n) is 4.49. The highest BCUT2D eigenvalue weighted by Gasteiger charge is 2.25. The van der Waals surface area contributed by atoms with E-state index in [4.69, 9.17) is 0 Å². The molecule has 0 aliphatic carbocycles. The molecule has 0 aliphatic heterocycles. The molecule has 0 saturated heterocycles. The molecule has 0 unspecified atom stereocenters. The first kappa shape index (κ1) is 19.7. The molecular weight excluding hydrogens is 324 g/mol. The Bertz CT molecular complexity index is 778. The highest BCUT2D eigenvalue weighted by atomic mass is 16.2. The van der Waals surface area contributed by atoms with E-state index in [1.807, 2.05) is 57.2 Å². The van der Waals surface area contributed by atoms with Gasteiger partial charge < -0.3 is 10.2 Å². The zero-order chi connectivity index (χ0) is 19.3. The van der Waals surface area contributed by atoms with Crippen molar-refractivity contribution in [3.8, 4) is 0 Å². The standard InChI is InChI=1S/C22H28N2O2/c1-15-7-6-8-19(10-15)14-24(18(4)22(26)23-5)21(25)13-20-11-16(2)9-17(3)12-20/h6-12,18H,13-14H2,1-5H3,(H,23,26)/t18-/m0/s1. The number of carbonyl (C=O) groups excluding carboxylic acids is 2. The van der Waals surface area contributed by atoms with Crippen molar-refractivity contribution >= 4 is 11.8 Å². The van der Waals surface area contributed by atoms with Gasteiger partial charge in [-0.2, -0.15) is 0 Å². The van der Waals surface area contributed by atoms with E-state index in [1.54, 1.807) is 18.9 Å². The molecule has 138 valence electrons. The van der Waals surface area contributed by atoms with Crippen LogP contribution < -0.4 is 5.32 Å². The minimum atomic E-state index is -0.529.